The Bertz CT molecular complexity index is 1210. The molecule has 0 saturated carbocycles. The number of amides is 1. The predicted molar refractivity (Wildman–Crippen MR) is 108 cm³/mol. The molecule has 0 aliphatic carbocycles. The number of carbonyl (C=O) groups excluding carboxylic acids is 1. The van der Waals surface area contributed by atoms with E-state index in [1.807, 2.05) is 0 Å². The average molecular weight is 491 g/mol. The molecule has 0 atom stereocenters. The van der Waals surface area contributed by atoms with Gasteiger partial charge in [-0.05, 0) is 26.8 Å². The molecule has 3 aromatic rings. The number of aromatic nitrogens is 4. The molecule has 184 valence electrons. The van der Waals surface area contributed by atoms with E-state index in [2.05, 4.69) is 10.1 Å². The zero-order chi connectivity index (χ0) is 25.6. The lowest BCUT2D eigenvalue weighted by Gasteiger charge is -2.24. The number of anilines is 1. The third kappa shape index (κ3) is 4.99. The zero-order valence-corrected chi connectivity index (χ0v) is 18.3. The summed E-state index contributed by atoms with van der Waals surface area (Å²) in [5, 5.41) is 16.1. The Morgan fingerprint density at radius 1 is 1.18 bits per heavy atom. The highest BCUT2D eigenvalue weighted by Crippen LogP contribution is 2.37. The summed E-state index contributed by atoms with van der Waals surface area (Å²) in [6.45, 7) is 3.11. The van der Waals surface area contributed by atoms with Crippen molar-refractivity contribution in [2.45, 2.75) is 45.0 Å². The standard InChI is InChI=1S/C20H19F6N5O3/c1-18(2,3)34-17(32)29(4)12-6-13(21)16(31(33)9-12)14-5-11-7-28-30(15(11)8-27-14)10-19(22,23)20(24,25)26/h5-9H,10H2,1-4H3. The van der Waals surface area contributed by atoms with E-state index in [1.54, 1.807) is 20.8 Å². The van der Waals surface area contributed by atoms with Crippen molar-refractivity contribution in [3.05, 3.63) is 41.7 Å². The van der Waals surface area contributed by atoms with Crippen LogP contribution in [0.5, 0.6) is 0 Å². The summed E-state index contributed by atoms with van der Waals surface area (Å²) < 4.78 is 84.8. The summed E-state index contributed by atoms with van der Waals surface area (Å²) in [4.78, 5) is 16.9. The van der Waals surface area contributed by atoms with Crippen LogP contribution in [0.2, 0.25) is 0 Å². The second-order valence-corrected chi connectivity index (χ2v) is 8.39. The van der Waals surface area contributed by atoms with Gasteiger partial charge >= 0.3 is 18.2 Å². The Kier molecular flexibility index (Phi) is 6.14. The summed E-state index contributed by atoms with van der Waals surface area (Å²) in [5.41, 5.74) is -1.91. The summed E-state index contributed by atoms with van der Waals surface area (Å²) in [7, 11) is 1.28. The molecule has 0 saturated heterocycles. The van der Waals surface area contributed by atoms with Gasteiger partial charge in [0, 0.05) is 18.5 Å². The first-order valence-electron chi connectivity index (χ1n) is 9.66. The lowest BCUT2D eigenvalue weighted by Crippen LogP contribution is -2.40. The van der Waals surface area contributed by atoms with Crippen molar-refractivity contribution in [2.24, 2.45) is 0 Å². The monoisotopic (exact) mass is 491 g/mol. The number of halogens is 6. The van der Waals surface area contributed by atoms with Crippen LogP contribution in [0.15, 0.2) is 30.7 Å². The van der Waals surface area contributed by atoms with E-state index < -0.39 is 41.8 Å². The van der Waals surface area contributed by atoms with Crippen LogP contribution in [0.25, 0.3) is 22.3 Å². The Labute approximate surface area is 188 Å². The molecule has 0 aromatic carbocycles. The normalized spacial score (nSPS) is 12.8. The Hall–Kier alpha value is -3.58. The minimum absolute atomic E-state index is 0.0531. The maximum absolute atomic E-state index is 14.8. The third-order valence-corrected chi connectivity index (χ3v) is 4.56. The second kappa shape index (κ2) is 8.33. The largest absolute Gasteiger partial charge is 0.618 e. The van der Waals surface area contributed by atoms with Crippen molar-refractivity contribution in [1.82, 2.24) is 14.8 Å². The van der Waals surface area contributed by atoms with Gasteiger partial charge in [0.2, 0.25) is 6.20 Å². The Balaban J connectivity index is 1.94. The number of fused-ring (bicyclic) bond motifs is 1. The number of alkyl halides is 5. The number of carbonyl (C=O) groups is 1. The van der Waals surface area contributed by atoms with Crippen molar-refractivity contribution >= 4 is 22.7 Å². The minimum atomic E-state index is -5.77. The van der Waals surface area contributed by atoms with Gasteiger partial charge in [0.25, 0.3) is 5.69 Å². The van der Waals surface area contributed by atoms with E-state index in [1.165, 1.54) is 7.05 Å². The molecule has 14 heteroatoms. The van der Waals surface area contributed by atoms with Gasteiger partial charge in [-0.2, -0.15) is 36.2 Å². The molecule has 8 nitrogen and oxygen atoms in total. The predicted octanol–water partition coefficient (Wildman–Crippen LogP) is 4.44. The summed E-state index contributed by atoms with van der Waals surface area (Å²) in [5.74, 6) is -6.10. The van der Waals surface area contributed by atoms with Gasteiger partial charge in [0.05, 0.1) is 17.9 Å². The Morgan fingerprint density at radius 2 is 1.82 bits per heavy atom. The van der Waals surface area contributed by atoms with E-state index in [0.717, 1.165) is 35.6 Å². The second-order valence-electron chi connectivity index (χ2n) is 8.39. The molecule has 3 heterocycles. The van der Waals surface area contributed by atoms with E-state index in [4.69, 9.17) is 4.74 Å². The summed E-state index contributed by atoms with van der Waals surface area (Å²) >= 11 is 0. The fourth-order valence-electron chi connectivity index (χ4n) is 2.89. The maximum atomic E-state index is 14.8. The number of nitrogens with zero attached hydrogens (tertiary/aromatic N) is 5. The molecule has 0 fully saturated rings. The van der Waals surface area contributed by atoms with E-state index in [0.29, 0.717) is 4.68 Å². The number of ether oxygens (including phenoxy) is 1. The maximum Gasteiger partial charge on any atom is 0.455 e. The van der Waals surface area contributed by atoms with Gasteiger partial charge in [-0.15, -0.1) is 0 Å². The van der Waals surface area contributed by atoms with Gasteiger partial charge in [-0.1, -0.05) is 0 Å². The summed E-state index contributed by atoms with van der Waals surface area (Å²) in [6, 6.07) is 2.02. The van der Waals surface area contributed by atoms with E-state index in [-0.39, 0.29) is 27.0 Å². The number of pyridine rings is 2. The summed E-state index contributed by atoms with van der Waals surface area (Å²) in [6.07, 6.45) is -3.80. The first-order chi connectivity index (χ1) is 15.5. The van der Waals surface area contributed by atoms with Crippen molar-refractivity contribution in [3.8, 4) is 11.4 Å². The Morgan fingerprint density at radius 3 is 2.38 bits per heavy atom. The van der Waals surface area contributed by atoms with Crippen LogP contribution >= 0.6 is 0 Å². The molecular formula is C20H19F6N5O3. The van der Waals surface area contributed by atoms with E-state index in [9.17, 15) is 36.3 Å². The molecule has 0 N–H and O–H groups in total. The average Bonchev–Trinajstić information content (AvgIpc) is 3.06. The molecule has 3 rings (SSSR count). The number of hydrogen-bond acceptors (Lipinski definition) is 5. The first kappa shape index (κ1) is 25.1. The van der Waals surface area contributed by atoms with Gasteiger partial charge in [-0.3, -0.25) is 9.58 Å². The quantitative estimate of drug-likeness (QED) is 0.306. The van der Waals surface area contributed by atoms with Crippen LogP contribution in [0, 0.1) is 11.0 Å². The molecule has 0 radical (unpaired) electrons. The molecule has 0 aliphatic rings. The van der Waals surface area contributed by atoms with Crippen LogP contribution in [0.3, 0.4) is 0 Å². The van der Waals surface area contributed by atoms with Crippen LogP contribution in [-0.2, 0) is 11.3 Å². The fraction of sp³-hybridized carbons (Fsp3) is 0.400. The van der Waals surface area contributed by atoms with Crippen molar-refractivity contribution < 1.29 is 40.6 Å². The fourth-order valence-corrected chi connectivity index (χ4v) is 2.89. The number of rotatable bonds is 4. The highest BCUT2D eigenvalue weighted by atomic mass is 19.4. The zero-order valence-electron chi connectivity index (χ0n) is 18.3. The van der Waals surface area contributed by atoms with Crippen LogP contribution in [-0.4, -0.2) is 45.6 Å². The van der Waals surface area contributed by atoms with Crippen molar-refractivity contribution in [3.63, 3.8) is 0 Å². The molecule has 0 spiro atoms. The lowest BCUT2D eigenvalue weighted by atomic mass is 10.2. The van der Waals surface area contributed by atoms with Crippen LogP contribution < -0.4 is 9.63 Å². The molecule has 0 bridgehead atoms. The molecule has 0 unspecified atom stereocenters. The van der Waals surface area contributed by atoms with E-state index >= 15 is 0 Å². The van der Waals surface area contributed by atoms with Gasteiger partial charge in [0.15, 0.2) is 5.82 Å². The highest BCUT2D eigenvalue weighted by Gasteiger charge is 2.57. The first-order valence-corrected chi connectivity index (χ1v) is 9.66. The van der Waals surface area contributed by atoms with Crippen molar-refractivity contribution in [2.75, 3.05) is 11.9 Å². The van der Waals surface area contributed by atoms with Crippen molar-refractivity contribution in [1.29, 1.82) is 0 Å². The molecular weight excluding hydrogens is 472 g/mol. The lowest BCUT2D eigenvalue weighted by molar-refractivity contribution is -0.594. The molecule has 0 aliphatic heterocycles. The minimum Gasteiger partial charge on any atom is -0.618 e. The van der Waals surface area contributed by atoms with Gasteiger partial charge < -0.3 is 9.94 Å². The third-order valence-electron chi connectivity index (χ3n) is 4.56. The smallest absolute Gasteiger partial charge is 0.455 e. The molecule has 34 heavy (non-hydrogen) atoms. The topological polar surface area (TPSA) is 87.2 Å². The number of hydrogen-bond donors (Lipinski definition) is 0. The van der Waals surface area contributed by atoms with Crippen LogP contribution in [0.1, 0.15) is 20.8 Å². The van der Waals surface area contributed by atoms with Gasteiger partial charge in [0.1, 0.15) is 23.5 Å². The SMILES string of the molecule is CN(C(=O)OC(C)(C)C)c1cc(F)c(-c2cc3cnn(CC(F)(F)C(F)(F)F)c3cn2)[n+]([O-])c1. The molecule has 3 aromatic heterocycles. The van der Waals surface area contributed by atoms with Crippen LogP contribution in [0.4, 0.5) is 36.8 Å². The highest BCUT2D eigenvalue weighted by molar-refractivity contribution is 5.87. The van der Waals surface area contributed by atoms with Gasteiger partial charge in [-0.25, -0.2) is 9.78 Å². The molecule has 1 amide bonds.